The lowest BCUT2D eigenvalue weighted by atomic mass is 10.1. The number of rotatable bonds is 8. The fourth-order valence-corrected chi connectivity index (χ4v) is 5.33. The van der Waals surface area contributed by atoms with Crippen molar-refractivity contribution in [3.05, 3.63) is 151 Å². The van der Waals surface area contributed by atoms with E-state index in [0.717, 1.165) is 0 Å². The molecule has 4 rings (SSSR count). The Balaban J connectivity index is 1.94. The summed E-state index contributed by atoms with van der Waals surface area (Å²) in [5.41, 5.74) is 1.21. The Bertz CT molecular complexity index is 1470. The van der Waals surface area contributed by atoms with Gasteiger partial charge in [-0.2, -0.15) is 0 Å². The van der Waals surface area contributed by atoms with Gasteiger partial charge >= 0.3 is 0 Å². The molecule has 0 saturated heterocycles. The molecule has 0 aromatic heterocycles. The van der Waals surface area contributed by atoms with E-state index in [0.29, 0.717) is 21.2 Å². The van der Waals surface area contributed by atoms with E-state index in [4.69, 9.17) is 23.2 Å². The number of allylic oxidation sites excluding steroid dienone is 2. The Kier molecular flexibility index (Phi) is 8.19. The Labute approximate surface area is 225 Å². The van der Waals surface area contributed by atoms with E-state index < -0.39 is 31.2 Å². The first-order chi connectivity index (χ1) is 17.8. The summed E-state index contributed by atoms with van der Waals surface area (Å²) in [7, 11) is -4.62. The maximum atomic E-state index is 14.2. The van der Waals surface area contributed by atoms with Crippen molar-refractivity contribution in [2.24, 2.45) is 0 Å². The zero-order valence-corrected chi connectivity index (χ0v) is 21.7. The largest absolute Gasteiger partial charge is 0.288 e. The first-order valence-electron chi connectivity index (χ1n) is 11.1. The van der Waals surface area contributed by atoms with Crippen molar-refractivity contribution in [1.82, 2.24) is 0 Å². The summed E-state index contributed by atoms with van der Waals surface area (Å²) < 4.78 is 28.3. The molecular formula is C30H20Cl2O4S. The molecule has 0 bridgehead atoms. The minimum absolute atomic E-state index is 0.171. The van der Waals surface area contributed by atoms with Crippen molar-refractivity contribution in [3.8, 4) is 0 Å². The summed E-state index contributed by atoms with van der Waals surface area (Å²) in [6, 6.07) is 28.8. The van der Waals surface area contributed by atoms with E-state index in [2.05, 4.69) is 0 Å². The van der Waals surface area contributed by atoms with Crippen LogP contribution in [0.3, 0.4) is 0 Å². The quantitative estimate of drug-likeness (QED) is 0.169. The standard InChI is InChI=1S/C30H20Cl2O4S/c31-25-15-11-21(12-16-25)19-27(29(33)23-7-3-1-4-8-23)37(35,36)28(20-22-13-17-26(32)18-14-22)30(34)24-9-5-2-6-10-24/h1-20H. The zero-order valence-electron chi connectivity index (χ0n) is 19.3. The van der Waals surface area contributed by atoms with E-state index in [1.54, 1.807) is 84.9 Å². The lowest BCUT2D eigenvalue weighted by Crippen LogP contribution is -2.20. The first-order valence-corrected chi connectivity index (χ1v) is 13.4. The van der Waals surface area contributed by atoms with Crippen LogP contribution in [0.15, 0.2) is 119 Å². The number of carbonyl (C=O) groups excluding carboxylic acids is 2. The third-order valence-corrected chi connectivity index (χ3v) is 7.70. The highest BCUT2D eigenvalue weighted by molar-refractivity contribution is 8.01. The molecule has 0 saturated carbocycles. The van der Waals surface area contributed by atoms with Crippen LogP contribution in [-0.2, 0) is 9.84 Å². The van der Waals surface area contributed by atoms with Crippen molar-refractivity contribution in [1.29, 1.82) is 0 Å². The Morgan fingerprint density at radius 2 is 0.838 bits per heavy atom. The second-order valence-electron chi connectivity index (χ2n) is 8.01. The van der Waals surface area contributed by atoms with E-state index >= 15 is 0 Å². The maximum Gasteiger partial charge on any atom is 0.214 e. The average Bonchev–Trinajstić information content (AvgIpc) is 2.92. The fourth-order valence-electron chi connectivity index (χ4n) is 3.53. The number of halogens is 2. The SMILES string of the molecule is O=C(C(=Cc1ccc(Cl)cc1)S(=O)(=O)C(=Cc1ccc(Cl)cc1)C(=O)c1ccccc1)c1ccccc1. The van der Waals surface area contributed by atoms with Crippen LogP contribution in [0, 0.1) is 0 Å². The number of carbonyl (C=O) groups is 2. The van der Waals surface area contributed by atoms with Crippen LogP contribution in [0.25, 0.3) is 12.2 Å². The summed E-state index contributed by atoms with van der Waals surface area (Å²) in [4.78, 5) is 26.1. The first kappa shape index (κ1) is 26.3. The smallest absolute Gasteiger partial charge is 0.214 e. The average molecular weight is 547 g/mol. The number of ketones is 2. The molecule has 0 radical (unpaired) electrons. The van der Waals surface area contributed by atoms with Crippen LogP contribution in [0.4, 0.5) is 0 Å². The molecule has 0 spiro atoms. The van der Waals surface area contributed by atoms with Crippen molar-refractivity contribution >= 4 is 56.8 Å². The van der Waals surface area contributed by atoms with Crippen LogP contribution in [0.2, 0.25) is 10.0 Å². The third kappa shape index (κ3) is 6.33. The molecule has 0 aliphatic carbocycles. The predicted octanol–water partition coefficient (Wildman–Crippen LogP) is 7.56. The van der Waals surface area contributed by atoms with Crippen molar-refractivity contribution in [3.63, 3.8) is 0 Å². The van der Waals surface area contributed by atoms with Crippen molar-refractivity contribution in [2.45, 2.75) is 0 Å². The van der Waals surface area contributed by atoms with Gasteiger partial charge in [-0.25, -0.2) is 8.42 Å². The molecule has 7 heteroatoms. The Hall–Kier alpha value is -3.77. The third-order valence-electron chi connectivity index (χ3n) is 5.43. The molecule has 184 valence electrons. The van der Waals surface area contributed by atoms with Crippen molar-refractivity contribution < 1.29 is 18.0 Å². The van der Waals surface area contributed by atoms with Crippen LogP contribution < -0.4 is 0 Å². The highest BCUT2D eigenvalue weighted by Crippen LogP contribution is 2.29. The monoisotopic (exact) mass is 546 g/mol. The maximum absolute atomic E-state index is 14.2. The van der Waals surface area contributed by atoms with E-state index in [9.17, 15) is 18.0 Å². The summed E-state index contributed by atoms with van der Waals surface area (Å²) in [6.45, 7) is 0. The number of hydrogen-bond donors (Lipinski definition) is 0. The van der Waals surface area contributed by atoms with Gasteiger partial charge in [-0.05, 0) is 47.5 Å². The number of hydrogen-bond acceptors (Lipinski definition) is 4. The highest BCUT2D eigenvalue weighted by Gasteiger charge is 2.34. The molecule has 0 unspecified atom stereocenters. The van der Waals surface area contributed by atoms with E-state index in [-0.39, 0.29) is 11.1 Å². The van der Waals surface area contributed by atoms with E-state index in [1.165, 1.54) is 36.4 Å². The molecule has 4 aromatic carbocycles. The molecular weight excluding hydrogens is 527 g/mol. The normalized spacial score (nSPS) is 12.3. The molecule has 0 fully saturated rings. The minimum Gasteiger partial charge on any atom is -0.288 e. The number of sulfone groups is 1. The van der Waals surface area contributed by atoms with Gasteiger partial charge in [0.2, 0.25) is 21.4 Å². The molecule has 0 amide bonds. The molecule has 0 atom stereocenters. The molecule has 0 aliphatic heterocycles. The summed E-state index contributed by atoms with van der Waals surface area (Å²) in [5.74, 6) is -1.48. The lowest BCUT2D eigenvalue weighted by Gasteiger charge is -2.13. The predicted molar refractivity (Wildman–Crippen MR) is 149 cm³/mol. The lowest BCUT2D eigenvalue weighted by molar-refractivity contribution is 0.103. The number of benzene rings is 4. The van der Waals surface area contributed by atoms with Gasteiger partial charge in [-0.15, -0.1) is 0 Å². The molecule has 0 aliphatic rings. The zero-order chi connectivity index (χ0) is 26.4. The summed E-state index contributed by atoms with van der Waals surface area (Å²) in [5, 5.41) is 0.914. The van der Waals surface area contributed by atoms with Gasteiger partial charge in [0.05, 0.1) is 0 Å². The number of Topliss-reactive ketones (excluding diaryl/α,β-unsaturated/α-hetero) is 2. The Morgan fingerprint density at radius 3 is 1.16 bits per heavy atom. The highest BCUT2D eigenvalue weighted by atomic mass is 35.5. The second kappa shape index (κ2) is 11.5. The van der Waals surface area contributed by atoms with E-state index in [1.807, 2.05) is 0 Å². The van der Waals surface area contributed by atoms with Gasteiger partial charge in [-0.1, -0.05) is 108 Å². The van der Waals surface area contributed by atoms with Crippen LogP contribution in [0.5, 0.6) is 0 Å². The molecule has 4 nitrogen and oxygen atoms in total. The summed E-state index contributed by atoms with van der Waals surface area (Å²) in [6.07, 6.45) is 2.52. The van der Waals surface area contributed by atoms with Gasteiger partial charge in [0.25, 0.3) is 0 Å². The summed E-state index contributed by atoms with van der Waals surface area (Å²) >= 11 is 12.0. The van der Waals surface area contributed by atoms with Gasteiger partial charge < -0.3 is 0 Å². The molecule has 4 aromatic rings. The molecule has 37 heavy (non-hydrogen) atoms. The van der Waals surface area contributed by atoms with Crippen LogP contribution >= 0.6 is 23.2 Å². The fraction of sp³-hybridized carbons (Fsp3) is 0. The second-order valence-corrected chi connectivity index (χ2v) is 10.8. The topological polar surface area (TPSA) is 68.3 Å². The molecule has 0 heterocycles. The van der Waals surface area contributed by atoms with Crippen molar-refractivity contribution in [2.75, 3.05) is 0 Å². The van der Waals surface area contributed by atoms with Crippen LogP contribution in [-0.4, -0.2) is 20.0 Å². The van der Waals surface area contributed by atoms with Gasteiger partial charge in [0, 0.05) is 21.2 Å². The Morgan fingerprint density at radius 1 is 0.514 bits per heavy atom. The van der Waals surface area contributed by atoms with Gasteiger partial charge in [0.15, 0.2) is 0 Å². The van der Waals surface area contributed by atoms with Gasteiger partial charge in [-0.3, -0.25) is 9.59 Å². The van der Waals surface area contributed by atoms with Gasteiger partial charge in [0.1, 0.15) is 9.81 Å². The minimum atomic E-state index is -4.62. The van der Waals surface area contributed by atoms with Crippen LogP contribution in [0.1, 0.15) is 31.8 Å². The molecule has 0 N–H and O–H groups in total.